The molecule has 0 amide bonds. The van der Waals surface area contributed by atoms with Crippen LogP contribution in [0.1, 0.15) is 16.7 Å². The van der Waals surface area contributed by atoms with E-state index in [-0.39, 0.29) is 12.2 Å². The van der Waals surface area contributed by atoms with Gasteiger partial charge in [0.2, 0.25) is 0 Å². The molecule has 162 valence electrons. The summed E-state index contributed by atoms with van der Waals surface area (Å²) in [4.78, 5) is 24.8. The van der Waals surface area contributed by atoms with Crippen molar-refractivity contribution in [1.82, 2.24) is 0 Å². The van der Waals surface area contributed by atoms with Crippen LogP contribution >= 0.6 is 0 Å². The highest BCUT2D eigenvalue weighted by atomic mass is 16.5. The summed E-state index contributed by atoms with van der Waals surface area (Å²) in [7, 11) is 4.51. The molecular formula is C24H24O7. The van der Waals surface area contributed by atoms with Gasteiger partial charge in [-0.2, -0.15) is 0 Å². The molecule has 0 radical (unpaired) electrons. The zero-order valence-electron chi connectivity index (χ0n) is 17.5. The molecule has 0 aliphatic carbocycles. The highest BCUT2D eigenvalue weighted by molar-refractivity contribution is 6.28. The summed E-state index contributed by atoms with van der Waals surface area (Å²) in [6.45, 7) is -0.222. The van der Waals surface area contributed by atoms with Gasteiger partial charge in [-0.15, -0.1) is 0 Å². The van der Waals surface area contributed by atoms with Crippen molar-refractivity contribution in [2.75, 3.05) is 21.3 Å². The average molecular weight is 424 g/mol. The van der Waals surface area contributed by atoms with Gasteiger partial charge in [-0.25, -0.2) is 0 Å². The fourth-order valence-corrected chi connectivity index (χ4v) is 2.75. The molecule has 0 spiro atoms. The van der Waals surface area contributed by atoms with Crippen molar-refractivity contribution in [2.45, 2.75) is 6.61 Å². The number of aliphatic hydroxyl groups excluding tert-OH is 2. The number of carbonyl (C=O) groups excluding carboxylic acids is 2. The van der Waals surface area contributed by atoms with E-state index in [4.69, 9.17) is 14.2 Å². The molecule has 0 atom stereocenters. The molecule has 0 aromatic heterocycles. The molecule has 0 saturated carbocycles. The van der Waals surface area contributed by atoms with Crippen molar-refractivity contribution < 1.29 is 34.0 Å². The second-order valence-corrected chi connectivity index (χ2v) is 6.28. The van der Waals surface area contributed by atoms with E-state index in [9.17, 15) is 19.8 Å². The first-order chi connectivity index (χ1) is 15.0. The lowest BCUT2D eigenvalue weighted by molar-refractivity contribution is -0.116. The second kappa shape index (κ2) is 11.4. The second-order valence-electron chi connectivity index (χ2n) is 6.28. The molecule has 0 bridgehead atoms. The summed E-state index contributed by atoms with van der Waals surface area (Å²) in [5, 5.41) is 18.8. The van der Waals surface area contributed by atoms with Gasteiger partial charge < -0.3 is 24.4 Å². The zero-order valence-corrected chi connectivity index (χ0v) is 17.5. The van der Waals surface area contributed by atoms with Crippen LogP contribution in [0.15, 0.2) is 60.4 Å². The third-order valence-corrected chi connectivity index (χ3v) is 4.40. The minimum absolute atomic E-state index is 0.222. The minimum atomic E-state index is -0.661. The summed E-state index contributed by atoms with van der Waals surface area (Å²) >= 11 is 0. The number of rotatable bonds is 10. The van der Waals surface area contributed by atoms with Crippen LogP contribution in [-0.4, -0.2) is 43.1 Å². The quantitative estimate of drug-likeness (QED) is 0.260. The Morgan fingerprint density at radius 2 is 1.32 bits per heavy atom. The van der Waals surface area contributed by atoms with Gasteiger partial charge in [0.1, 0.15) is 11.3 Å². The van der Waals surface area contributed by atoms with Crippen molar-refractivity contribution in [2.24, 2.45) is 0 Å². The molecule has 7 nitrogen and oxygen atoms in total. The molecule has 2 N–H and O–H groups in total. The van der Waals surface area contributed by atoms with E-state index >= 15 is 0 Å². The molecule has 0 unspecified atom stereocenters. The Bertz CT molecular complexity index is 953. The fraction of sp³-hybridized carbons (Fsp3) is 0.167. The molecule has 0 heterocycles. The van der Waals surface area contributed by atoms with E-state index in [1.165, 1.54) is 45.6 Å². The Labute approximate surface area is 180 Å². The number of methoxy groups -OCH3 is 3. The van der Waals surface area contributed by atoms with Crippen LogP contribution in [0.25, 0.3) is 12.2 Å². The monoisotopic (exact) mass is 424 g/mol. The molecule has 31 heavy (non-hydrogen) atoms. The van der Waals surface area contributed by atoms with Gasteiger partial charge in [0.25, 0.3) is 0 Å². The number of benzene rings is 2. The molecule has 0 saturated heterocycles. The lowest BCUT2D eigenvalue weighted by Crippen LogP contribution is -2.08. The van der Waals surface area contributed by atoms with E-state index in [0.29, 0.717) is 40.2 Å². The summed E-state index contributed by atoms with van der Waals surface area (Å²) < 4.78 is 15.5. The van der Waals surface area contributed by atoms with Gasteiger partial charge in [0.05, 0.1) is 34.2 Å². The first-order valence-electron chi connectivity index (χ1n) is 9.26. The average Bonchev–Trinajstić information content (AvgIpc) is 2.81. The topological polar surface area (TPSA) is 102 Å². The summed E-state index contributed by atoms with van der Waals surface area (Å²) in [5.41, 5.74) is 1.46. The summed E-state index contributed by atoms with van der Waals surface area (Å²) in [6, 6.07) is 10.1. The smallest absolute Gasteiger partial charge is 0.192 e. The maximum Gasteiger partial charge on any atom is 0.192 e. The number of carbonyl (C=O) groups is 2. The molecular weight excluding hydrogens is 400 g/mol. The Hall–Kier alpha value is -3.84. The van der Waals surface area contributed by atoms with Crippen molar-refractivity contribution in [3.05, 3.63) is 77.1 Å². The Morgan fingerprint density at radius 1 is 0.806 bits per heavy atom. The van der Waals surface area contributed by atoms with E-state index < -0.39 is 11.6 Å². The normalized spacial score (nSPS) is 11.7. The van der Waals surface area contributed by atoms with Crippen LogP contribution < -0.4 is 14.2 Å². The molecule has 0 aliphatic rings. The summed E-state index contributed by atoms with van der Waals surface area (Å²) in [6.07, 6.45) is 5.83. The SMILES string of the molecule is COc1ccc(/C=C/C(=O)/C(=C\O)C(=O)/C=C/c2ccc(OC)c(OC)c2)cc1CO. The molecule has 2 rings (SSSR count). The number of ether oxygens (including phenoxy) is 3. The van der Waals surface area contributed by atoms with E-state index in [2.05, 4.69) is 0 Å². The number of ketones is 2. The van der Waals surface area contributed by atoms with E-state index in [0.717, 1.165) is 0 Å². The first kappa shape index (κ1) is 23.4. The maximum atomic E-state index is 12.4. The van der Waals surface area contributed by atoms with Crippen LogP contribution in [-0.2, 0) is 16.2 Å². The van der Waals surface area contributed by atoms with Crippen molar-refractivity contribution >= 4 is 23.7 Å². The van der Waals surface area contributed by atoms with Gasteiger partial charge in [0, 0.05) is 5.56 Å². The van der Waals surface area contributed by atoms with E-state index in [1.54, 1.807) is 36.4 Å². The Balaban J connectivity index is 2.14. The Morgan fingerprint density at radius 3 is 1.81 bits per heavy atom. The van der Waals surface area contributed by atoms with E-state index in [1.807, 2.05) is 0 Å². The first-order valence-corrected chi connectivity index (χ1v) is 9.26. The predicted octanol–water partition coefficient (Wildman–Crippen LogP) is 3.51. The molecule has 2 aromatic carbocycles. The van der Waals surface area contributed by atoms with Crippen molar-refractivity contribution in [3.63, 3.8) is 0 Å². The van der Waals surface area contributed by atoms with Crippen molar-refractivity contribution in [3.8, 4) is 17.2 Å². The van der Waals surface area contributed by atoms with Crippen LogP contribution in [0.4, 0.5) is 0 Å². The van der Waals surface area contributed by atoms with Gasteiger partial charge in [-0.1, -0.05) is 24.3 Å². The van der Waals surface area contributed by atoms with Crippen LogP contribution in [0.5, 0.6) is 17.2 Å². The molecule has 7 heteroatoms. The molecule has 2 aromatic rings. The van der Waals surface area contributed by atoms with Crippen molar-refractivity contribution in [1.29, 1.82) is 0 Å². The minimum Gasteiger partial charge on any atom is -0.515 e. The lowest BCUT2D eigenvalue weighted by atomic mass is 10.0. The number of aliphatic hydroxyl groups is 2. The highest BCUT2D eigenvalue weighted by Crippen LogP contribution is 2.28. The fourth-order valence-electron chi connectivity index (χ4n) is 2.75. The van der Waals surface area contributed by atoms with Gasteiger partial charge in [-0.05, 0) is 47.5 Å². The zero-order chi connectivity index (χ0) is 22.8. The van der Waals surface area contributed by atoms with Gasteiger partial charge in [0.15, 0.2) is 23.1 Å². The number of hydrogen-bond acceptors (Lipinski definition) is 7. The predicted molar refractivity (Wildman–Crippen MR) is 117 cm³/mol. The number of hydrogen-bond donors (Lipinski definition) is 2. The summed E-state index contributed by atoms with van der Waals surface area (Å²) in [5.74, 6) is 0.252. The highest BCUT2D eigenvalue weighted by Gasteiger charge is 2.14. The third-order valence-electron chi connectivity index (χ3n) is 4.40. The Kier molecular flexibility index (Phi) is 8.60. The number of allylic oxidation sites excluding steroid dienone is 3. The van der Waals surface area contributed by atoms with Gasteiger partial charge in [-0.3, -0.25) is 9.59 Å². The maximum absolute atomic E-state index is 12.4. The molecule has 0 aliphatic heterocycles. The van der Waals surface area contributed by atoms with Gasteiger partial charge >= 0.3 is 0 Å². The molecule has 0 fully saturated rings. The third kappa shape index (κ3) is 6.07. The largest absolute Gasteiger partial charge is 0.515 e. The standard InChI is InChI=1S/C24H24O7/c1-29-22-10-6-16(12-18(22)14-25)4-8-20(27)19(15-26)21(28)9-5-17-7-11-23(30-2)24(13-17)31-3/h4-13,15,25-26H,14H2,1-3H3/b8-4+,9-5+,19-15+. The lowest BCUT2D eigenvalue weighted by Gasteiger charge is -2.07. The van der Waals surface area contributed by atoms with Crippen LogP contribution in [0.3, 0.4) is 0 Å². The van der Waals surface area contributed by atoms with Crippen LogP contribution in [0.2, 0.25) is 0 Å². The van der Waals surface area contributed by atoms with Crippen LogP contribution in [0, 0.1) is 0 Å².